The van der Waals surface area contributed by atoms with E-state index in [0.717, 1.165) is 6.54 Å². The van der Waals surface area contributed by atoms with Crippen LogP contribution in [-0.4, -0.2) is 30.9 Å². The lowest BCUT2D eigenvalue weighted by Crippen LogP contribution is -2.64. The number of likely N-dealkylation sites (tertiary alicyclic amines) is 1. The zero-order valence-corrected chi connectivity index (χ0v) is 14.9. The summed E-state index contributed by atoms with van der Waals surface area (Å²) in [5.41, 5.74) is 4.35. The summed E-state index contributed by atoms with van der Waals surface area (Å²) >= 11 is 0. The highest BCUT2D eigenvalue weighted by Crippen LogP contribution is 2.62. The first-order chi connectivity index (χ1) is 13.0. The summed E-state index contributed by atoms with van der Waals surface area (Å²) in [5.74, 6) is -1.06. The minimum atomic E-state index is -1.94. The zero-order valence-electron chi connectivity index (χ0n) is 14.9. The monoisotopic (exact) mass is 358 g/mol. The number of allylic oxidation sites excluding steroid dienone is 2. The molecule has 7 nitrogen and oxygen atoms in total. The minimum absolute atomic E-state index is 0.0762. The van der Waals surface area contributed by atoms with Gasteiger partial charge >= 0.3 is 0 Å². The van der Waals surface area contributed by atoms with Crippen LogP contribution < -0.4 is 11.1 Å². The lowest BCUT2D eigenvalue weighted by molar-refractivity contribution is -0.128. The van der Waals surface area contributed by atoms with E-state index in [1.165, 1.54) is 0 Å². The molecule has 3 aliphatic rings. The van der Waals surface area contributed by atoms with E-state index in [0.29, 0.717) is 24.2 Å². The predicted octanol–water partition coefficient (Wildman–Crippen LogP) is 1.23. The predicted molar refractivity (Wildman–Crippen MR) is 96.3 cm³/mol. The molecule has 0 aromatic heterocycles. The van der Waals surface area contributed by atoms with Crippen molar-refractivity contribution in [2.45, 2.75) is 11.8 Å². The van der Waals surface area contributed by atoms with Gasteiger partial charge < -0.3 is 16.0 Å². The van der Waals surface area contributed by atoms with Crippen LogP contribution in [0.5, 0.6) is 0 Å². The quantitative estimate of drug-likeness (QED) is 0.717. The van der Waals surface area contributed by atoms with Crippen molar-refractivity contribution in [2.75, 3.05) is 25.5 Å². The molecule has 1 spiro atoms. The van der Waals surface area contributed by atoms with Crippen LogP contribution in [0.4, 0.5) is 5.69 Å². The summed E-state index contributed by atoms with van der Waals surface area (Å²) < 4.78 is 0. The molecule has 2 heterocycles. The number of nitrogens with two attached hydrogens (primary N) is 1. The fraction of sp³-hybridized carbons (Fsp3) is 0.400. The van der Waals surface area contributed by atoms with Crippen molar-refractivity contribution in [2.24, 2.45) is 23.0 Å². The Balaban J connectivity index is 2.15. The van der Waals surface area contributed by atoms with Crippen molar-refractivity contribution < 1.29 is 4.79 Å². The van der Waals surface area contributed by atoms with Gasteiger partial charge in [-0.15, -0.1) is 0 Å². The molecule has 3 N–H and O–H groups in total. The second kappa shape index (κ2) is 5.58. The summed E-state index contributed by atoms with van der Waals surface area (Å²) in [6.45, 7) is 1.25. The number of amides is 1. The highest BCUT2D eigenvalue weighted by Gasteiger charge is 2.72. The van der Waals surface area contributed by atoms with Crippen molar-refractivity contribution in [1.82, 2.24) is 4.90 Å². The molecule has 1 amide bonds. The van der Waals surface area contributed by atoms with Crippen molar-refractivity contribution >= 4 is 11.6 Å². The van der Waals surface area contributed by atoms with Crippen molar-refractivity contribution in [1.29, 1.82) is 15.8 Å². The lowest BCUT2D eigenvalue weighted by atomic mass is 9.46. The van der Waals surface area contributed by atoms with E-state index in [4.69, 9.17) is 5.73 Å². The van der Waals surface area contributed by atoms with Gasteiger partial charge in [0.15, 0.2) is 0 Å². The molecule has 27 heavy (non-hydrogen) atoms. The third-order valence-electron chi connectivity index (χ3n) is 6.44. The van der Waals surface area contributed by atoms with Gasteiger partial charge in [0.1, 0.15) is 5.41 Å². The molecular weight excluding hydrogens is 340 g/mol. The molecule has 0 radical (unpaired) electrons. The molecule has 1 saturated heterocycles. The number of nitrogens with zero attached hydrogens (tertiary/aromatic N) is 4. The van der Waals surface area contributed by atoms with E-state index in [2.05, 4.69) is 28.4 Å². The number of piperidine rings is 1. The van der Waals surface area contributed by atoms with Crippen LogP contribution in [-0.2, 0) is 10.2 Å². The normalized spacial score (nSPS) is 31.3. The second-order valence-electron chi connectivity index (χ2n) is 7.48. The number of anilines is 1. The van der Waals surface area contributed by atoms with Crippen LogP contribution in [0.15, 0.2) is 35.5 Å². The molecule has 4 rings (SSSR count). The summed E-state index contributed by atoms with van der Waals surface area (Å²) in [6, 6.07) is 13.4. The molecule has 0 saturated carbocycles. The van der Waals surface area contributed by atoms with E-state index < -0.39 is 22.7 Å². The standard InChI is InChI=1S/C20H18N6O/c1-26-7-6-12-13(8-21)17(24)19(10-22,11-23)20(15(12)9-26)14-4-2-3-5-16(14)25-18(20)27/h2-5,12,15H,6-7,9,24H2,1H3,(H,25,27)/t12-,15+,20-/m1/s1. The van der Waals surface area contributed by atoms with E-state index in [9.17, 15) is 20.6 Å². The first-order valence-corrected chi connectivity index (χ1v) is 8.80. The first kappa shape index (κ1) is 17.1. The number of nitriles is 3. The highest BCUT2D eigenvalue weighted by molar-refractivity contribution is 6.09. The van der Waals surface area contributed by atoms with Gasteiger partial charge in [0.05, 0.1) is 29.5 Å². The van der Waals surface area contributed by atoms with Gasteiger partial charge in [0.25, 0.3) is 0 Å². The first-order valence-electron chi connectivity index (χ1n) is 8.80. The Hall–Kier alpha value is -3.34. The second-order valence-corrected chi connectivity index (χ2v) is 7.48. The number of carbonyl (C=O) groups excluding carboxylic acids is 1. The number of para-hydroxylation sites is 1. The Morgan fingerprint density at radius 2 is 1.96 bits per heavy atom. The van der Waals surface area contributed by atoms with Crippen molar-refractivity contribution in [3.63, 3.8) is 0 Å². The SMILES string of the molecule is CN1CC[C@@H]2C(C#N)=C(N)C(C#N)(C#N)[C@@]3(C(=O)Nc4ccccc43)[C@H]2C1. The fourth-order valence-corrected chi connectivity index (χ4v) is 5.28. The van der Waals surface area contributed by atoms with Gasteiger partial charge in [-0.25, -0.2) is 0 Å². The Labute approximate surface area is 157 Å². The molecule has 3 atom stereocenters. The number of fused-ring (bicyclic) bond motifs is 4. The van der Waals surface area contributed by atoms with Gasteiger partial charge in [0.2, 0.25) is 11.3 Å². The van der Waals surface area contributed by atoms with Gasteiger partial charge in [0, 0.05) is 24.1 Å². The maximum Gasteiger partial charge on any atom is 0.238 e. The maximum absolute atomic E-state index is 13.5. The number of nitrogens with one attached hydrogen (secondary N) is 1. The van der Waals surface area contributed by atoms with Crippen LogP contribution >= 0.6 is 0 Å². The molecular formula is C20H18N6O. The van der Waals surface area contributed by atoms with Gasteiger partial charge in [-0.3, -0.25) is 4.79 Å². The van der Waals surface area contributed by atoms with Crippen LogP contribution in [0.3, 0.4) is 0 Å². The van der Waals surface area contributed by atoms with Crippen LogP contribution in [0.2, 0.25) is 0 Å². The molecule has 7 heteroatoms. The molecule has 0 unspecified atom stereocenters. The van der Waals surface area contributed by atoms with E-state index in [1.807, 2.05) is 7.05 Å². The topological polar surface area (TPSA) is 130 Å². The molecule has 1 aliphatic carbocycles. The molecule has 1 aromatic rings. The van der Waals surface area contributed by atoms with E-state index in [1.54, 1.807) is 24.3 Å². The Kier molecular flexibility index (Phi) is 3.53. The summed E-state index contributed by atoms with van der Waals surface area (Å²) in [7, 11) is 1.94. The average molecular weight is 358 g/mol. The Morgan fingerprint density at radius 1 is 1.26 bits per heavy atom. The van der Waals surface area contributed by atoms with Gasteiger partial charge in [-0.1, -0.05) is 18.2 Å². The molecule has 1 aromatic carbocycles. The number of hydrogen-bond donors (Lipinski definition) is 2. The van der Waals surface area contributed by atoms with Crippen LogP contribution in [0.1, 0.15) is 12.0 Å². The molecule has 1 fully saturated rings. The number of benzene rings is 1. The largest absolute Gasteiger partial charge is 0.399 e. The lowest BCUT2D eigenvalue weighted by Gasteiger charge is -2.53. The molecule has 134 valence electrons. The van der Waals surface area contributed by atoms with Crippen LogP contribution in [0.25, 0.3) is 0 Å². The third kappa shape index (κ3) is 1.78. The van der Waals surface area contributed by atoms with E-state index in [-0.39, 0.29) is 17.2 Å². The van der Waals surface area contributed by atoms with Crippen LogP contribution in [0, 0.1) is 51.2 Å². The third-order valence-corrected chi connectivity index (χ3v) is 6.44. The number of hydrogen-bond acceptors (Lipinski definition) is 6. The smallest absolute Gasteiger partial charge is 0.238 e. The molecule has 0 bridgehead atoms. The number of rotatable bonds is 0. The number of carbonyl (C=O) groups is 1. The average Bonchev–Trinajstić information content (AvgIpc) is 2.97. The summed E-state index contributed by atoms with van der Waals surface area (Å²) in [4.78, 5) is 15.5. The van der Waals surface area contributed by atoms with Crippen molar-refractivity contribution in [3.05, 3.63) is 41.1 Å². The molecule has 2 aliphatic heterocycles. The Bertz CT molecular complexity index is 993. The maximum atomic E-state index is 13.5. The zero-order chi connectivity index (χ0) is 19.4. The Morgan fingerprint density at radius 3 is 2.63 bits per heavy atom. The van der Waals surface area contributed by atoms with Crippen molar-refractivity contribution in [3.8, 4) is 18.2 Å². The highest BCUT2D eigenvalue weighted by atomic mass is 16.2. The summed E-state index contributed by atoms with van der Waals surface area (Å²) in [5, 5.41) is 32.9. The van der Waals surface area contributed by atoms with Gasteiger partial charge in [-0.2, -0.15) is 15.8 Å². The minimum Gasteiger partial charge on any atom is -0.399 e. The van der Waals surface area contributed by atoms with E-state index >= 15 is 0 Å². The fourth-order valence-electron chi connectivity index (χ4n) is 5.28. The van der Waals surface area contributed by atoms with Gasteiger partial charge in [-0.05, 0) is 31.6 Å². The summed E-state index contributed by atoms with van der Waals surface area (Å²) in [6.07, 6.45) is 0.648.